The second-order valence-corrected chi connectivity index (χ2v) is 9.69. The van der Waals surface area contributed by atoms with Crippen LogP contribution in [0.5, 0.6) is 0 Å². The molecule has 1 aliphatic rings. The number of aromatic nitrogens is 1. The molecule has 1 saturated heterocycles. The van der Waals surface area contributed by atoms with Crippen LogP contribution in [0.4, 0.5) is 23.7 Å². The van der Waals surface area contributed by atoms with Gasteiger partial charge in [0.25, 0.3) is 0 Å². The molecule has 1 aromatic carbocycles. The van der Waals surface area contributed by atoms with Crippen LogP contribution in [0.2, 0.25) is 0 Å². The van der Waals surface area contributed by atoms with E-state index in [1.54, 1.807) is 17.0 Å². The average Bonchev–Trinajstić information content (AvgIpc) is 3.35. The van der Waals surface area contributed by atoms with Gasteiger partial charge in [-0.2, -0.15) is 24.5 Å². The summed E-state index contributed by atoms with van der Waals surface area (Å²) < 4.78 is 48.4. The molecule has 0 saturated carbocycles. The lowest BCUT2D eigenvalue weighted by Crippen LogP contribution is -2.50. The number of hydrogen-bond acceptors (Lipinski definition) is 4. The molecule has 2 aromatic heterocycles. The van der Waals surface area contributed by atoms with Crippen LogP contribution in [-0.2, 0) is 17.5 Å². The molecular formula is C23H26F3N3O2S. The Morgan fingerprint density at radius 2 is 1.81 bits per heavy atom. The smallest absolute Gasteiger partial charge is 0.431 e. The SMILES string of the molecule is CC(C)(C)OC(=O)N1CCN(c2cccc3c2cc(C(F)(F)F)n3Cc2ccsc2)CC1. The van der Waals surface area contributed by atoms with Crippen molar-refractivity contribution in [3.63, 3.8) is 0 Å². The van der Waals surface area contributed by atoms with Gasteiger partial charge in [0.15, 0.2) is 0 Å². The number of fused-ring (bicyclic) bond motifs is 1. The van der Waals surface area contributed by atoms with Crippen molar-refractivity contribution >= 4 is 34.0 Å². The number of ether oxygens (including phenoxy) is 1. The topological polar surface area (TPSA) is 37.7 Å². The number of anilines is 1. The number of halogens is 3. The van der Waals surface area contributed by atoms with Crippen molar-refractivity contribution in [2.45, 2.75) is 39.1 Å². The Bertz CT molecular complexity index is 1090. The first-order valence-corrected chi connectivity index (χ1v) is 11.4. The molecule has 0 N–H and O–H groups in total. The number of benzene rings is 1. The van der Waals surface area contributed by atoms with E-state index in [1.165, 1.54) is 22.0 Å². The molecule has 0 aliphatic carbocycles. The number of nitrogens with zero attached hydrogens (tertiary/aromatic N) is 3. The largest absolute Gasteiger partial charge is 0.444 e. The molecule has 1 aliphatic heterocycles. The molecule has 172 valence electrons. The molecule has 1 amide bonds. The van der Waals surface area contributed by atoms with Crippen molar-refractivity contribution in [1.82, 2.24) is 9.47 Å². The monoisotopic (exact) mass is 465 g/mol. The van der Waals surface area contributed by atoms with Crippen molar-refractivity contribution in [3.8, 4) is 0 Å². The molecule has 0 bridgehead atoms. The Hall–Kier alpha value is -2.68. The van der Waals surface area contributed by atoms with Crippen molar-refractivity contribution in [1.29, 1.82) is 0 Å². The predicted molar refractivity (Wildman–Crippen MR) is 120 cm³/mol. The first kappa shape index (κ1) is 22.5. The summed E-state index contributed by atoms with van der Waals surface area (Å²) in [5.74, 6) is 0. The van der Waals surface area contributed by atoms with Gasteiger partial charge in [-0.15, -0.1) is 0 Å². The maximum absolute atomic E-state index is 13.9. The minimum Gasteiger partial charge on any atom is -0.444 e. The average molecular weight is 466 g/mol. The van der Waals surface area contributed by atoms with Gasteiger partial charge in [-0.3, -0.25) is 0 Å². The fraction of sp³-hybridized carbons (Fsp3) is 0.435. The molecule has 9 heteroatoms. The van der Waals surface area contributed by atoms with E-state index in [4.69, 9.17) is 4.74 Å². The summed E-state index contributed by atoms with van der Waals surface area (Å²) in [6.45, 7) is 7.57. The molecule has 3 heterocycles. The fourth-order valence-electron chi connectivity index (χ4n) is 3.97. The standard InChI is InChI=1S/C23H26F3N3O2S/c1-22(2,3)31-21(30)28-10-8-27(9-11-28)18-5-4-6-19-17(18)13-20(23(24,25)26)29(19)14-16-7-12-32-15-16/h4-7,12-13,15H,8-11,14H2,1-3H3. The number of thiophene rings is 1. The van der Waals surface area contributed by atoms with Crippen LogP contribution in [0.3, 0.4) is 0 Å². The molecule has 0 radical (unpaired) electrons. The number of rotatable bonds is 3. The zero-order valence-corrected chi connectivity index (χ0v) is 19.1. The predicted octanol–water partition coefficient (Wildman–Crippen LogP) is 5.83. The van der Waals surface area contributed by atoms with Crippen LogP contribution < -0.4 is 4.90 Å². The van der Waals surface area contributed by atoms with Gasteiger partial charge in [-0.05, 0) is 61.4 Å². The number of carbonyl (C=O) groups is 1. The van der Waals surface area contributed by atoms with Crippen molar-refractivity contribution in [2.24, 2.45) is 0 Å². The molecule has 3 aromatic rings. The van der Waals surface area contributed by atoms with E-state index >= 15 is 0 Å². The first-order valence-electron chi connectivity index (χ1n) is 10.5. The van der Waals surface area contributed by atoms with E-state index in [-0.39, 0.29) is 12.6 Å². The van der Waals surface area contributed by atoms with Crippen molar-refractivity contribution in [2.75, 3.05) is 31.1 Å². The third-order valence-electron chi connectivity index (χ3n) is 5.41. The summed E-state index contributed by atoms with van der Waals surface area (Å²) in [5, 5.41) is 4.30. The van der Waals surface area contributed by atoms with Gasteiger partial charge in [0.05, 0.1) is 5.52 Å². The second kappa shape index (κ2) is 8.35. The van der Waals surface area contributed by atoms with Crippen LogP contribution >= 0.6 is 11.3 Å². The van der Waals surface area contributed by atoms with Crippen molar-refractivity contribution < 1.29 is 22.7 Å². The van der Waals surface area contributed by atoms with Crippen molar-refractivity contribution in [3.05, 3.63) is 52.3 Å². The van der Waals surface area contributed by atoms with Gasteiger partial charge >= 0.3 is 12.3 Å². The number of piperazine rings is 1. The van der Waals surface area contributed by atoms with Gasteiger partial charge < -0.3 is 19.1 Å². The maximum atomic E-state index is 13.9. The Morgan fingerprint density at radius 3 is 2.41 bits per heavy atom. The molecule has 5 nitrogen and oxygen atoms in total. The number of alkyl halides is 3. The highest BCUT2D eigenvalue weighted by Crippen LogP contribution is 2.38. The summed E-state index contributed by atoms with van der Waals surface area (Å²) in [5.41, 5.74) is 0.920. The van der Waals surface area contributed by atoms with Crippen LogP contribution in [0.1, 0.15) is 32.0 Å². The quantitative estimate of drug-likeness (QED) is 0.489. The molecule has 32 heavy (non-hydrogen) atoms. The first-order chi connectivity index (χ1) is 15.0. The minimum atomic E-state index is -4.46. The van der Waals surface area contributed by atoms with E-state index in [1.807, 2.05) is 48.6 Å². The Kier molecular flexibility index (Phi) is 5.87. The molecule has 4 rings (SSSR count). The van der Waals surface area contributed by atoms with E-state index in [0.29, 0.717) is 37.1 Å². The van der Waals surface area contributed by atoms with E-state index < -0.39 is 17.5 Å². The van der Waals surface area contributed by atoms with Gasteiger partial charge in [0, 0.05) is 43.8 Å². The lowest BCUT2D eigenvalue weighted by molar-refractivity contribution is -0.143. The van der Waals surface area contributed by atoms with E-state index in [9.17, 15) is 18.0 Å². The Morgan fingerprint density at radius 1 is 1.09 bits per heavy atom. The van der Waals surface area contributed by atoms with Crippen LogP contribution in [0.15, 0.2) is 41.1 Å². The summed E-state index contributed by atoms with van der Waals surface area (Å²) >= 11 is 1.47. The van der Waals surface area contributed by atoms with Crippen LogP contribution in [0, 0.1) is 0 Å². The fourth-order valence-corrected chi connectivity index (χ4v) is 4.63. The maximum Gasteiger partial charge on any atom is 0.431 e. The van der Waals surface area contributed by atoms with Gasteiger partial charge in [0.1, 0.15) is 11.3 Å². The number of amides is 1. The zero-order valence-electron chi connectivity index (χ0n) is 18.3. The van der Waals surface area contributed by atoms with Gasteiger partial charge in [-0.1, -0.05) is 6.07 Å². The van der Waals surface area contributed by atoms with Gasteiger partial charge in [0.2, 0.25) is 0 Å². The molecular weight excluding hydrogens is 439 g/mol. The molecule has 0 unspecified atom stereocenters. The highest BCUT2D eigenvalue weighted by Gasteiger charge is 2.36. The lowest BCUT2D eigenvalue weighted by atomic mass is 10.1. The van der Waals surface area contributed by atoms with E-state index in [2.05, 4.69) is 0 Å². The number of hydrogen-bond donors (Lipinski definition) is 0. The highest BCUT2D eigenvalue weighted by molar-refractivity contribution is 7.07. The van der Waals surface area contributed by atoms with Crippen LogP contribution in [-0.4, -0.2) is 47.3 Å². The Balaban J connectivity index is 1.62. The second-order valence-electron chi connectivity index (χ2n) is 8.91. The third kappa shape index (κ3) is 4.72. The summed E-state index contributed by atoms with van der Waals surface area (Å²) in [4.78, 5) is 16.0. The minimum absolute atomic E-state index is 0.164. The number of carbonyl (C=O) groups excluding carboxylic acids is 1. The summed E-state index contributed by atoms with van der Waals surface area (Å²) in [6.07, 6.45) is -4.82. The molecule has 0 spiro atoms. The zero-order chi connectivity index (χ0) is 23.1. The summed E-state index contributed by atoms with van der Waals surface area (Å²) in [6, 6.07) is 8.47. The highest BCUT2D eigenvalue weighted by atomic mass is 32.1. The Labute approximate surface area is 189 Å². The lowest BCUT2D eigenvalue weighted by Gasteiger charge is -2.37. The normalized spacial score (nSPS) is 15.4. The van der Waals surface area contributed by atoms with E-state index in [0.717, 1.165) is 11.3 Å². The molecule has 1 fully saturated rings. The summed E-state index contributed by atoms with van der Waals surface area (Å²) in [7, 11) is 0. The molecule has 0 atom stereocenters. The van der Waals surface area contributed by atoms with Gasteiger partial charge in [-0.25, -0.2) is 4.79 Å². The third-order valence-corrected chi connectivity index (χ3v) is 6.14. The van der Waals surface area contributed by atoms with Crippen LogP contribution in [0.25, 0.3) is 10.9 Å².